The van der Waals surface area contributed by atoms with Crippen molar-refractivity contribution in [1.82, 2.24) is 15.5 Å². The number of anilines is 1. The number of hydrogen-bond donors (Lipinski definition) is 2. The Bertz CT molecular complexity index is 639. The van der Waals surface area contributed by atoms with Crippen LogP contribution in [0.2, 0.25) is 0 Å². The first-order valence-electron chi connectivity index (χ1n) is 7.21. The average molecular weight is 282 g/mol. The first-order chi connectivity index (χ1) is 10.3. The molecule has 1 unspecified atom stereocenters. The second kappa shape index (κ2) is 5.91. The Balaban J connectivity index is 1.55. The molecule has 0 saturated carbocycles. The number of benzene rings is 1. The number of fused-ring (bicyclic) bond motifs is 1. The van der Waals surface area contributed by atoms with Crippen LogP contribution in [-0.2, 0) is 6.42 Å². The van der Waals surface area contributed by atoms with Crippen molar-refractivity contribution in [3.8, 4) is 0 Å². The second-order valence-corrected chi connectivity index (χ2v) is 5.14. The Kier molecular flexibility index (Phi) is 3.81. The van der Waals surface area contributed by atoms with Crippen LogP contribution in [0.1, 0.15) is 34.5 Å². The Morgan fingerprint density at radius 1 is 1.24 bits per heavy atom. The van der Waals surface area contributed by atoms with E-state index in [-0.39, 0.29) is 5.91 Å². The monoisotopic (exact) mass is 282 g/mol. The number of nitrogens with one attached hydrogen (secondary N) is 2. The molecule has 2 N–H and O–H groups in total. The van der Waals surface area contributed by atoms with Crippen molar-refractivity contribution in [1.29, 1.82) is 0 Å². The van der Waals surface area contributed by atoms with Gasteiger partial charge in [0.1, 0.15) is 5.82 Å². The van der Waals surface area contributed by atoms with Gasteiger partial charge in [0.25, 0.3) is 5.91 Å². The molecule has 0 fully saturated rings. The minimum absolute atomic E-state index is 0.171. The van der Waals surface area contributed by atoms with Gasteiger partial charge in [0.05, 0.1) is 0 Å². The lowest BCUT2D eigenvalue weighted by Crippen LogP contribution is -2.33. The molecule has 0 spiro atoms. The summed E-state index contributed by atoms with van der Waals surface area (Å²) in [7, 11) is 0. The van der Waals surface area contributed by atoms with Gasteiger partial charge in [-0.05, 0) is 36.6 Å². The number of hydrogen-bond acceptors (Lipinski definition) is 4. The minimum Gasteiger partial charge on any atom is -0.369 e. The summed E-state index contributed by atoms with van der Waals surface area (Å²) in [4.78, 5) is 12.0. The molecule has 1 aromatic heterocycles. The fourth-order valence-corrected chi connectivity index (χ4v) is 2.58. The van der Waals surface area contributed by atoms with Gasteiger partial charge in [0, 0.05) is 19.0 Å². The van der Waals surface area contributed by atoms with Crippen molar-refractivity contribution in [2.75, 3.05) is 18.4 Å². The summed E-state index contributed by atoms with van der Waals surface area (Å²) in [5, 5.41) is 13.9. The molecule has 108 valence electrons. The van der Waals surface area contributed by atoms with Crippen LogP contribution >= 0.6 is 0 Å². The van der Waals surface area contributed by atoms with Crippen LogP contribution in [0.3, 0.4) is 0 Å². The first-order valence-corrected chi connectivity index (χ1v) is 7.21. The zero-order valence-corrected chi connectivity index (χ0v) is 12.0. The molecule has 1 aliphatic carbocycles. The lowest BCUT2D eigenvalue weighted by atomic mass is 9.77. The fourth-order valence-electron chi connectivity index (χ4n) is 2.58. The van der Waals surface area contributed by atoms with E-state index in [0.717, 1.165) is 13.0 Å². The Morgan fingerprint density at radius 3 is 2.81 bits per heavy atom. The fraction of sp³-hybridized carbons (Fsp3) is 0.312. The molecule has 1 aliphatic rings. The largest absolute Gasteiger partial charge is 0.369 e. The normalized spacial score (nSPS) is 15.8. The third kappa shape index (κ3) is 2.86. The van der Waals surface area contributed by atoms with E-state index in [9.17, 15) is 4.79 Å². The molecule has 1 atom stereocenters. The van der Waals surface area contributed by atoms with E-state index in [1.165, 1.54) is 11.1 Å². The van der Waals surface area contributed by atoms with E-state index in [1.54, 1.807) is 12.1 Å². The molecular weight excluding hydrogens is 264 g/mol. The summed E-state index contributed by atoms with van der Waals surface area (Å²) in [5.74, 6) is 0.927. The number of rotatable bonds is 5. The molecule has 21 heavy (non-hydrogen) atoms. The van der Waals surface area contributed by atoms with Gasteiger partial charge in [-0.1, -0.05) is 24.3 Å². The summed E-state index contributed by atoms with van der Waals surface area (Å²) in [6, 6.07) is 11.8. The van der Waals surface area contributed by atoms with Crippen molar-refractivity contribution in [3.63, 3.8) is 0 Å². The van der Waals surface area contributed by atoms with Crippen molar-refractivity contribution < 1.29 is 4.79 Å². The third-order valence-electron chi connectivity index (χ3n) is 3.73. The number of nitrogens with zero attached hydrogens (tertiary/aromatic N) is 2. The predicted octanol–water partition coefficient (Wildman–Crippen LogP) is 1.98. The van der Waals surface area contributed by atoms with E-state index in [4.69, 9.17) is 0 Å². The number of amides is 1. The summed E-state index contributed by atoms with van der Waals surface area (Å²) in [6.45, 7) is 3.41. The third-order valence-corrected chi connectivity index (χ3v) is 3.73. The number of aromatic nitrogens is 2. The molecule has 1 heterocycles. The molecular formula is C16H18N4O. The van der Waals surface area contributed by atoms with Gasteiger partial charge in [-0.2, -0.15) is 0 Å². The van der Waals surface area contributed by atoms with Gasteiger partial charge in [-0.25, -0.2) is 0 Å². The van der Waals surface area contributed by atoms with E-state index in [1.807, 2.05) is 13.0 Å². The van der Waals surface area contributed by atoms with Crippen molar-refractivity contribution in [3.05, 3.63) is 53.2 Å². The zero-order valence-electron chi connectivity index (χ0n) is 12.0. The first kappa shape index (κ1) is 13.5. The Hall–Kier alpha value is -2.43. The lowest BCUT2D eigenvalue weighted by molar-refractivity contribution is 0.0944. The second-order valence-electron chi connectivity index (χ2n) is 5.14. The van der Waals surface area contributed by atoms with Crippen LogP contribution in [0.25, 0.3) is 0 Å². The maximum atomic E-state index is 12.0. The minimum atomic E-state index is -0.171. The molecule has 0 saturated heterocycles. The Morgan fingerprint density at radius 2 is 2.10 bits per heavy atom. The van der Waals surface area contributed by atoms with Crippen LogP contribution in [0.4, 0.5) is 5.82 Å². The number of carbonyl (C=O) groups is 1. The highest BCUT2D eigenvalue weighted by atomic mass is 16.1. The van der Waals surface area contributed by atoms with Crippen LogP contribution in [0.5, 0.6) is 0 Å². The SMILES string of the molecule is CCNc1ccc(C(=O)NCC2Cc3ccccc32)nn1. The van der Waals surface area contributed by atoms with Crippen molar-refractivity contribution in [2.45, 2.75) is 19.3 Å². The Labute approximate surface area is 123 Å². The molecule has 5 nitrogen and oxygen atoms in total. The zero-order chi connectivity index (χ0) is 14.7. The van der Waals surface area contributed by atoms with Crippen molar-refractivity contribution in [2.24, 2.45) is 0 Å². The van der Waals surface area contributed by atoms with E-state index in [0.29, 0.717) is 24.0 Å². The van der Waals surface area contributed by atoms with E-state index >= 15 is 0 Å². The van der Waals surface area contributed by atoms with Gasteiger partial charge in [0.15, 0.2) is 5.69 Å². The van der Waals surface area contributed by atoms with Gasteiger partial charge >= 0.3 is 0 Å². The average Bonchev–Trinajstić information content (AvgIpc) is 2.49. The van der Waals surface area contributed by atoms with E-state index in [2.05, 4.69) is 39.0 Å². The van der Waals surface area contributed by atoms with Crippen LogP contribution < -0.4 is 10.6 Å². The van der Waals surface area contributed by atoms with Crippen LogP contribution in [-0.4, -0.2) is 29.2 Å². The van der Waals surface area contributed by atoms with Gasteiger partial charge in [0.2, 0.25) is 0 Å². The topological polar surface area (TPSA) is 66.9 Å². The molecule has 0 radical (unpaired) electrons. The molecule has 3 rings (SSSR count). The molecule has 5 heteroatoms. The van der Waals surface area contributed by atoms with Crippen LogP contribution in [0.15, 0.2) is 36.4 Å². The molecule has 0 bridgehead atoms. The molecule has 2 aromatic rings. The van der Waals surface area contributed by atoms with Gasteiger partial charge in [-0.3, -0.25) is 4.79 Å². The van der Waals surface area contributed by atoms with Crippen LogP contribution in [0, 0.1) is 0 Å². The summed E-state index contributed by atoms with van der Waals surface area (Å²) < 4.78 is 0. The highest BCUT2D eigenvalue weighted by Gasteiger charge is 2.25. The summed E-state index contributed by atoms with van der Waals surface area (Å²) >= 11 is 0. The highest BCUT2D eigenvalue weighted by Crippen LogP contribution is 2.33. The number of carbonyl (C=O) groups excluding carboxylic acids is 1. The molecule has 1 amide bonds. The molecule has 0 aliphatic heterocycles. The maximum absolute atomic E-state index is 12.0. The maximum Gasteiger partial charge on any atom is 0.271 e. The quantitative estimate of drug-likeness (QED) is 0.880. The van der Waals surface area contributed by atoms with Gasteiger partial charge in [-0.15, -0.1) is 10.2 Å². The van der Waals surface area contributed by atoms with Crippen molar-refractivity contribution >= 4 is 11.7 Å². The summed E-state index contributed by atoms with van der Waals surface area (Å²) in [6.07, 6.45) is 1.03. The smallest absolute Gasteiger partial charge is 0.271 e. The van der Waals surface area contributed by atoms with E-state index < -0.39 is 0 Å². The van der Waals surface area contributed by atoms with Gasteiger partial charge < -0.3 is 10.6 Å². The highest BCUT2D eigenvalue weighted by molar-refractivity contribution is 5.92. The standard InChI is InChI=1S/C16H18N4O/c1-2-17-15-8-7-14(19-20-15)16(21)18-10-12-9-11-5-3-4-6-13(11)12/h3-8,12H,2,9-10H2,1H3,(H,17,20)(H,18,21). The predicted molar refractivity (Wildman–Crippen MR) is 81.4 cm³/mol. The lowest BCUT2D eigenvalue weighted by Gasteiger charge is -2.30. The molecule has 1 aromatic carbocycles. The summed E-state index contributed by atoms with van der Waals surface area (Å²) in [5.41, 5.74) is 3.07.